The number of nitrogens with one attached hydrogen (secondary N) is 3. The Kier molecular flexibility index (Phi) is 3.59. The first-order valence-electron chi connectivity index (χ1n) is 4.39. The van der Waals surface area contributed by atoms with E-state index in [1.807, 2.05) is 0 Å². The van der Waals surface area contributed by atoms with Gasteiger partial charge in [-0.1, -0.05) is 0 Å². The van der Waals surface area contributed by atoms with Crippen molar-refractivity contribution in [3.63, 3.8) is 0 Å². The van der Waals surface area contributed by atoms with Gasteiger partial charge in [0.25, 0.3) is 0 Å². The highest BCUT2D eigenvalue weighted by Gasteiger charge is 2.07. The third-order valence-electron chi connectivity index (χ3n) is 1.70. The fourth-order valence-corrected chi connectivity index (χ4v) is 0.927. The minimum atomic E-state index is -0.770. The summed E-state index contributed by atoms with van der Waals surface area (Å²) in [6.07, 6.45) is 1.22. The van der Waals surface area contributed by atoms with Crippen LogP contribution < -0.4 is 21.6 Å². The molecule has 0 bridgehead atoms. The Hall–Kier alpha value is -2.38. The van der Waals surface area contributed by atoms with E-state index >= 15 is 0 Å². The first kappa shape index (κ1) is 11.7. The average molecular weight is 225 g/mol. The average Bonchev–Trinajstić information content (AvgIpc) is 2.28. The molecular weight excluding hydrogens is 214 g/mol. The molecule has 0 aromatic carbocycles. The fraction of sp³-hybridized carbons (Fsp3) is 0.250. The van der Waals surface area contributed by atoms with E-state index in [-0.39, 0.29) is 5.82 Å². The van der Waals surface area contributed by atoms with Gasteiger partial charge in [0.1, 0.15) is 5.82 Å². The Balaban J connectivity index is 2.96. The summed E-state index contributed by atoms with van der Waals surface area (Å²) in [6.45, 7) is 0. The predicted octanol–water partition coefficient (Wildman–Crippen LogP) is -0.818. The van der Waals surface area contributed by atoms with Gasteiger partial charge in [0.15, 0.2) is 0 Å². The number of carbonyl (C=O) groups excluding carboxylic acids is 2. The molecule has 0 fully saturated rings. The van der Waals surface area contributed by atoms with E-state index in [4.69, 9.17) is 0 Å². The zero-order chi connectivity index (χ0) is 12.1. The van der Waals surface area contributed by atoms with E-state index in [2.05, 4.69) is 20.9 Å². The van der Waals surface area contributed by atoms with Gasteiger partial charge in [0.2, 0.25) is 0 Å². The van der Waals surface area contributed by atoms with Crippen LogP contribution in [0.1, 0.15) is 0 Å². The highest BCUT2D eigenvalue weighted by Crippen LogP contribution is 1.96. The Labute approximate surface area is 90.7 Å². The number of nitrogens with zero attached hydrogens (tertiary/aromatic N) is 2. The van der Waals surface area contributed by atoms with E-state index < -0.39 is 17.8 Å². The molecule has 0 unspecified atom stereocenters. The number of aromatic nitrogens is 2. The SMILES string of the molecule is CNC(=O)Nc1ccn(C(=O)NC)c(=O)n1. The lowest BCUT2D eigenvalue weighted by Gasteiger charge is -2.05. The van der Waals surface area contributed by atoms with Crippen molar-refractivity contribution >= 4 is 17.9 Å². The molecule has 3 amide bonds. The van der Waals surface area contributed by atoms with Crippen molar-refractivity contribution in [2.75, 3.05) is 19.4 Å². The Morgan fingerprint density at radius 3 is 2.50 bits per heavy atom. The molecule has 0 aliphatic carbocycles. The second-order valence-electron chi connectivity index (χ2n) is 2.72. The van der Waals surface area contributed by atoms with E-state index in [0.29, 0.717) is 0 Å². The summed E-state index contributed by atoms with van der Waals surface area (Å²) in [7, 11) is 2.83. The molecule has 0 aliphatic rings. The van der Waals surface area contributed by atoms with Crippen LogP contribution in [0.5, 0.6) is 0 Å². The molecule has 1 heterocycles. The molecule has 1 rings (SSSR count). The first-order valence-corrected chi connectivity index (χ1v) is 4.39. The molecule has 8 heteroatoms. The van der Waals surface area contributed by atoms with E-state index in [9.17, 15) is 14.4 Å². The van der Waals surface area contributed by atoms with Crippen LogP contribution in [0.2, 0.25) is 0 Å². The molecule has 8 nitrogen and oxygen atoms in total. The van der Waals surface area contributed by atoms with Crippen LogP contribution >= 0.6 is 0 Å². The quantitative estimate of drug-likeness (QED) is 0.580. The Bertz CT molecular complexity index is 467. The summed E-state index contributed by atoms with van der Waals surface area (Å²) >= 11 is 0. The van der Waals surface area contributed by atoms with Crippen LogP contribution in [-0.4, -0.2) is 35.7 Å². The summed E-state index contributed by atoms with van der Waals surface area (Å²) in [5.74, 6) is 0.0736. The van der Waals surface area contributed by atoms with E-state index in [1.54, 1.807) is 0 Å². The van der Waals surface area contributed by atoms with Gasteiger partial charge in [0.05, 0.1) is 0 Å². The van der Waals surface area contributed by atoms with Gasteiger partial charge in [-0.05, 0) is 6.07 Å². The molecule has 0 spiro atoms. The van der Waals surface area contributed by atoms with Gasteiger partial charge in [-0.15, -0.1) is 0 Å². The molecule has 0 atom stereocenters. The van der Waals surface area contributed by atoms with Gasteiger partial charge in [-0.25, -0.2) is 19.0 Å². The number of carbonyl (C=O) groups is 2. The summed E-state index contributed by atoms with van der Waals surface area (Å²) < 4.78 is 0.787. The highest BCUT2D eigenvalue weighted by atomic mass is 16.2. The molecule has 1 aromatic rings. The zero-order valence-electron chi connectivity index (χ0n) is 8.77. The molecule has 0 aliphatic heterocycles. The standard InChI is InChI=1S/C8H11N5O3/c1-9-6(14)11-5-3-4-13(7(15)10-2)8(16)12-5/h3-4H,1-2H3,(H,10,15)(H2,9,11,12,14,16). The summed E-state index contributed by atoms with van der Waals surface area (Å²) in [6, 6.07) is 0.250. The lowest BCUT2D eigenvalue weighted by atomic mass is 10.5. The van der Waals surface area contributed by atoms with Gasteiger partial charge in [0, 0.05) is 20.3 Å². The van der Waals surface area contributed by atoms with Crippen LogP contribution in [0.3, 0.4) is 0 Å². The molecule has 1 aromatic heterocycles. The van der Waals surface area contributed by atoms with Crippen molar-refractivity contribution in [2.24, 2.45) is 0 Å². The third-order valence-corrected chi connectivity index (χ3v) is 1.70. The second kappa shape index (κ2) is 4.91. The van der Waals surface area contributed by atoms with Crippen molar-refractivity contribution in [3.05, 3.63) is 22.7 Å². The van der Waals surface area contributed by atoms with Gasteiger partial charge in [-0.2, -0.15) is 4.98 Å². The number of anilines is 1. The Morgan fingerprint density at radius 2 is 2.00 bits per heavy atom. The largest absolute Gasteiger partial charge is 0.357 e. The van der Waals surface area contributed by atoms with Crippen LogP contribution in [0.4, 0.5) is 15.4 Å². The fourth-order valence-electron chi connectivity index (χ4n) is 0.927. The molecular formula is C8H11N5O3. The third kappa shape index (κ3) is 2.56. The smallest absolute Gasteiger partial charge is 0.341 e. The maximum absolute atomic E-state index is 11.3. The predicted molar refractivity (Wildman–Crippen MR) is 56.4 cm³/mol. The van der Waals surface area contributed by atoms with Crippen molar-refractivity contribution in [3.8, 4) is 0 Å². The van der Waals surface area contributed by atoms with Gasteiger partial charge < -0.3 is 10.6 Å². The van der Waals surface area contributed by atoms with E-state index in [1.165, 1.54) is 26.4 Å². The minimum Gasteiger partial charge on any atom is -0.341 e. The maximum Gasteiger partial charge on any atom is 0.357 e. The maximum atomic E-state index is 11.3. The van der Waals surface area contributed by atoms with Gasteiger partial charge >= 0.3 is 17.8 Å². The second-order valence-corrected chi connectivity index (χ2v) is 2.72. The molecule has 0 saturated heterocycles. The summed E-state index contributed by atoms with van der Waals surface area (Å²) in [5.41, 5.74) is -0.770. The molecule has 0 radical (unpaired) electrons. The number of hydrogen-bond acceptors (Lipinski definition) is 4. The summed E-state index contributed by atoms with van der Waals surface area (Å²) in [4.78, 5) is 36.9. The first-order chi connectivity index (χ1) is 7.58. The number of urea groups is 1. The van der Waals surface area contributed by atoms with Crippen molar-refractivity contribution < 1.29 is 9.59 Å². The highest BCUT2D eigenvalue weighted by molar-refractivity contribution is 5.87. The van der Waals surface area contributed by atoms with Crippen molar-refractivity contribution in [1.82, 2.24) is 20.2 Å². The number of amides is 3. The zero-order valence-corrected chi connectivity index (χ0v) is 8.77. The lowest BCUT2D eigenvalue weighted by Crippen LogP contribution is -2.36. The molecule has 0 saturated carbocycles. The summed E-state index contributed by atoms with van der Waals surface area (Å²) in [5, 5.41) is 6.89. The monoisotopic (exact) mass is 225 g/mol. The number of hydrogen-bond donors (Lipinski definition) is 3. The van der Waals surface area contributed by atoms with Crippen molar-refractivity contribution in [2.45, 2.75) is 0 Å². The van der Waals surface area contributed by atoms with E-state index in [0.717, 1.165) is 4.57 Å². The minimum absolute atomic E-state index is 0.0736. The molecule has 16 heavy (non-hydrogen) atoms. The Morgan fingerprint density at radius 1 is 1.31 bits per heavy atom. The van der Waals surface area contributed by atoms with Crippen molar-refractivity contribution in [1.29, 1.82) is 0 Å². The van der Waals surface area contributed by atoms with Crippen LogP contribution in [0, 0.1) is 0 Å². The molecule has 86 valence electrons. The van der Waals surface area contributed by atoms with Crippen LogP contribution in [0.15, 0.2) is 17.1 Å². The van der Waals surface area contributed by atoms with Crippen LogP contribution in [0.25, 0.3) is 0 Å². The van der Waals surface area contributed by atoms with Crippen LogP contribution in [-0.2, 0) is 0 Å². The lowest BCUT2D eigenvalue weighted by molar-refractivity contribution is 0.243. The normalized spacial score (nSPS) is 9.38. The van der Waals surface area contributed by atoms with Gasteiger partial charge in [-0.3, -0.25) is 5.32 Å². The topological polar surface area (TPSA) is 105 Å². The number of rotatable bonds is 1. The molecule has 3 N–H and O–H groups in total.